The van der Waals surface area contributed by atoms with Crippen molar-refractivity contribution in [2.45, 2.75) is 0 Å². The lowest BCUT2D eigenvalue weighted by Crippen LogP contribution is -2.17. The largest absolute Gasteiger partial charge is 0.457 e. The Morgan fingerprint density at radius 3 is 2.52 bits per heavy atom. The van der Waals surface area contributed by atoms with Gasteiger partial charge in [0.25, 0.3) is 11.1 Å². The summed E-state index contributed by atoms with van der Waals surface area (Å²) < 4.78 is 5.80. The van der Waals surface area contributed by atoms with Crippen molar-refractivity contribution >= 4 is 52.2 Å². The van der Waals surface area contributed by atoms with Crippen molar-refractivity contribution in [1.82, 2.24) is 5.32 Å². The Hall–Kier alpha value is -1.95. The molecule has 2 amide bonds. The normalized spacial score (nSPS) is 15.8. The van der Waals surface area contributed by atoms with Gasteiger partial charge in [-0.1, -0.05) is 41.4 Å². The van der Waals surface area contributed by atoms with E-state index in [-0.39, 0.29) is 5.24 Å². The third-order valence-corrected chi connectivity index (χ3v) is 4.52. The quantitative estimate of drug-likeness (QED) is 0.767. The second-order valence-electron chi connectivity index (χ2n) is 4.57. The van der Waals surface area contributed by atoms with Crippen LogP contribution < -0.4 is 10.1 Å². The van der Waals surface area contributed by atoms with Crippen LogP contribution in [0.25, 0.3) is 6.08 Å². The van der Waals surface area contributed by atoms with Crippen LogP contribution in [0, 0.1) is 0 Å². The van der Waals surface area contributed by atoms with E-state index in [1.54, 1.807) is 36.4 Å². The first-order valence-electron chi connectivity index (χ1n) is 6.50. The van der Waals surface area contributed by atoms with Gasteiger partial charge in [0.15, 0.2) is 0 Å². The number of carbonyl (C=O) groups is 2. The molecule has 0 spiro atoms. The Morgan fingerprint density at radius 2 is 1.83 bits per heavy atom. The summed E-state index contributed by atoms with van der Waals surface area (Å²) in [7, 11) is 0. The third kappa shape index (κ3) is 3.69. The van der Waals surface area contributed by atoms with E-state index in [4.69, 9.17) is 27.9 Å². The molecule has 0 bridgehead atoms. The van der Waals surface area contributed by atoms with E-state index < -0.39 is 5.91 Å². The summed E-state index contributed by atoms with van der Waals surface area (Å²) in [5.74, 6) is 0.639. The molecule has 23 heavy (non-hydrogen) atoms. The van der Waals surface area contributed by atoms with Gasteiger partial charge in [-0.05, 0) is 36.0 Å². The summed E-state index contributed by atoms with van der Waals surface area (Å²) in [5, 5.41) is 2.65. The van der Waals surface area contributed by atoms with Gasteiger partial charge in [0.1, 0.15) is 11.5 Å². The molecule has 7 heteroatoms. The summed E-state index contributed by atoms with van der Waals surface area (Å²) in [6, 6.07) is 12.1. The zero-order valence-electron chi connectivity index (χ0n) is 11.5. The molecule has 0 radical (unpaired) electrons. The van der Waals surface area contributed by atoms with Crippen LogP contribution in [-0.4, -0.2) is 11.1 Å². The van der Waals surface area contributed by atoms with Crippen molar-refractivity contribution in [1.29, 1.82) is 0 Å². The highest BCUT2D eigenvalue weighted by Gasteiger charge is 2.25. The van der Waals surface area contributed by atoms with Gasteiger partial charge in [0.05, 0.1) is 15.0 Å². The molecule has 1 N–H and O–H groups in total. The lowest BCUT2D eigenvalue weighted by Gasteiger charge is -2.09. The topological polar surface area (TPSA) is 55.4 Å². The Balaban J connectivity index is 1.92. The van der Waals surface area contributed by atoms with E-state index in [0.29, 0.717) is 32.0 Å². The van der Waals surface area contributed by atoms with Crippen LogP contribution in [0.1, 0.15) is 5.56 Å². The van der Waals surface area contributed by atoms with Crippen molar-refractivity contribution < 1.29 is 14.3 Å². The first-order valence-corrected chi connectivity index (χ1v) is 8.07. The SMILES string of the molecule is O=C1NC(=O)C(=Cc2ccccc2Oc2ccc(Cl)c(Cl)c2)S1. The van der Waals surface area contributed by atoms with E-state index in [2.05, 4.69) is 5.32 Å². The zero-order chi connectivity index (χ0) is 16.4. The molecule has 116 valence electrons. The van der Waals surface area contributed by atoms with Gasteiger partial charge in [-0.25, -0.2) is 0 Å². The average Bonchev–Trinajstić information content (AvgIpc) is 2.83. The lowest BCUT2D eigenvalue weighted by atomic mass is 10.2. The number of para-hydroxylation sites is 1. The third-order valence-electron chi connectivity index (χ3n) is 2.97. The number of halogens is 2. The molecule has 2 aromatic carbocycles. The van der Waals surface area contributed by atoms with Crippen molar-refractivity contribution in [3.05, 3.63) is 63.0 Å². The number of hydrogen-bond donors (Lipinski definition) is 1. The Kier molecular flexibility index (Phi) is 4.61. The van der Waals surface area contributed by atoms with Crippen molar-refractivity contribution in [2.24, 2.45) is 0 Å². The maximum Gasteiger partial charge on any atom is 0.290 e. The predicted octanol–water partition coefficient (Wildman–Crippen LogP) is 5.11. The van der Waals surface area contributed by atoms with Gasteiger partial charge in [0, 0.05) is 11.6 Å². The van der Waals surface area contributed by atoms with E-state index in [9.17, 15) is 9.59 Å². The number of rotatable bonds is 3. The molecule has 1 aliphatic rings. The number of thioether (sulfide) groups is 1. The highest BCUT2D eigenvalue weighted by atomic mass is 35.5. The fourth-order valence-electron chi connectivity index (χ4n) is 1.92. The number of imide groups is 1. The van der Waals surface area contributed by atoms with Crippen LogP contribution in [0.2, 0.25) is 10.0 Å². The molecule has 0 unspecified atom stereocenters. The van der Waals surface area contributed by atoms with Crippen LogP contribution >= 0.6 is 35.0 Å². The van der Waals surface area contributed by atoms with Gasteiger partial charge >= 0.3 is 0 Å². The second-order valence-corrected chi connectivity index (χ2v) is 6.40. The molecule has 1 saturated heterocycles. The van der Waals surface area contributed by atoms with E-state index in [0.717, 1.165) is 11.8 Å². The zero-order valence-corrected chi connectivity index (χ0v) is 13.8. The van der Waals surface area contributed by atoms with Crippen molar-refractivity contribution in [2.75, 3.05) is 0 Å². The maximum absolute atomic E-state index is 11.6. The summed E-state index contributed by atoms with van der Waals surface area (Å²) >= 11 is 12.7. The molecule has 1 aliphatic heterocycles. The smallest absolute Gasteiger partial charge is 0.290 e. The van der Waals surface area contributed by atoms with Gasteiger partial charge in [-0.15, -0.1) is 0 Å². The van der Waals surface area contributed by atoms with E-state index in [1.165, 1.54) is 0 Å². The molecule has 4 nitrogen and oxygen atoms in total. The highest BCUT2D eigenvalue weighted by Crippen LogP contribution is 2.33. The van der Waals surface area contributed by atoms with Gasteiger partial charge in [0.2, 0.25) is 0 Å². The first kappa shape index (κ1) is 15.9. The molecular formula is C16H9Cl2NO3S. The summed E-state index contributed by atoms with van der Waals surface area (Å²) in [6.45, 7) is 0. The Labute approximate surface area is 146 Å². The van der Waals surface area contributed by atoms with Crippen molar-refractivity contribution in [3.63, 3.8) is 0 Å². The van der Waals surface area contributed by atoms with Gasteiger partial charge < -0.3 is 4.74 Å². The minimum absolute atomic E-state index is 0.320. The minimum Gasteiger partial charge on any atom is -0.457 e. The molecule has 2 aromatic rings. The van der Waals surface area contributed by atoms with Crippen LogP contribution in [0.4, 0.5) is 4.79 Å². The minimum atomic E-state index is -0.413. The highest BCUT2D eigenvalue weighted by molar-refractivity contribution is 8.18. The van der Waals surface area contributed by atoms with Crippen LogP contribution in [0.15, 0.2) is 47.4 Å². The number of benzene rings is 2. The fourth-order valence-corrected chi connectivity index (χ4v) is 2.88. The molecule has 1 heterocycles. The van der Waals surface area contributed by atoms with Crippen LogP contribution in [0.5, 0.6) is 11.5 Å². The van der Waals surface area contributed by atoms with Gasteiger partial charge in [-0.3, -0.25) is 14.9 Å². The number of hydrogen-bond acceptors (Lipinski definition) is 4. The Bertz CT molecular complexity index is 836. The van der Waals surface area contributed by atoms with Crippen molar-refractivity contribution in [3.8, 4) is 11.5 Å². The number of carbonyl (C=O) groups excluding carboxylic acids is 2. The summed E-state index contributed by atoms with van der Waals surface area (Å²) in [6.07, 6.45) is 1.61. The molecule has 3 rings (SSSR count). The van der Waals surface area contributed by atoms with E-state index in [1.807, 2.05) is 12.1 Å². The summed E-state index contributed by atoms with van der Waals surface area (Å²) in [4.78, 5) is 23.2. The number of nitrogens with one attached hydrogen (secondary N) is 1. The first-order chi connectivity index (χ1) is 11.0. The number of amides is 2. The predicted molar refractivity (Wildman–Crippen MR) is 92.1 cm³/mol. The van der Waals surface area contributed by atoms with Crippen LogP contribution in [0.3, 0.4) is 0 Å². The molecule has 0 atom stereocenters. The number of ether oxygens (including phenoxy) is 1. The monoisotopic (exact) mass is 365 g/mol. The maximum atomic E-state index is 11.6. The van der Waals surface area contributed by atoms with E-state index >= 15 is 0 Å². The average molecular weight is 366 g/mol. The molecule has 0 aromatic heterocycles. The fraction of sp³-hybridized carbons (Fsp3) is 0. The molecule has 0 saturated carbocycles. The van der Waals surface area contributed by atoms with Crippen LogP contribution in [-0.2, 0) is 4.79 Å². The second kappa shape index (κ2) is 6.66. The van der Waals surface area contributed by atoms with Gasteiger partial charge in [-0.2, -0.15) is 0 Å². The summed E-state index contributed by atoms with van der Waals surface area (Å²) in [5.41, 5.74) is 0.672. The lowest BCUT2D eigenvalue weighted by molar-refractivity contribution is -0.115. The molecule has 0 aliphatic carbocycles. The molecular weight excluding hydrogens is 357 g/mol. The Morgan fingerprint density at radius 1 is 1.04 bits per heavy atom. The standard InChI is InChI=1S/C16H9Cl2NO3S/c17-11-6-5-10(8-12(11)18)22-13-4-2-1-3-9(13)7-14-15(20)19-16(21)23-14/h1-8H,(H,19,20,21). The molecule has 1 fully saturated rings.